The minimum Gasteiger partial charge on any atom is -0.507 e. The molecule has 3 rings (SSSR count). The molecule has 7 nitrogen and oxygen atoms in total. The van der Waals surface area contributed by atoms with E-state index in [4.69, 9.17) is 9.47 Å². The molecule has 1 atom stereocenters. The summed E-state index contributed by atoms with van der Waals surface area (Å²) in [6.07, 6.45) is 3.13. The third-order valence-electron chi connectivity index (χ3n) is 7.25. The zero-order valence-corrected chi connectivity index (χ0v) is 23.7. The Labute approximate surface area is 227 Å². The first-order chi connectivity index (χ1) is 18.3. The molecule has 0 saturated carbocycles. The normalized spacial score (nSPS) is 16.9. The number of benzene rings is 2. The highest BCUT2D eigenvalue weighted by Crippen LogP contribution is 2.42. The maximum Gasteiger partial charge on any atom is 0.295 e. The number of hydrogen-bond acceptors (Lipinski definition) is 6. The van der Waals surface area contributed by atoms with Crippen molar-refractivity contribution in [3.63, 3.8) is 0 Å². The first-order valence-electron chi connectivity index (χ1n) is 13.7. The summed E-state index contributed by atoms with van der Waals surface area (Å²) >= 11 is 0. The van der Waals surface area contributed by atoms with Crippen molar-refractivity contribution in [3.05, 3.63) is 64.2 Å². The highest BCUT2D eigenvalue weighted by Gasteiger charge is 2.46. The summed E-state index contributed by atoms with van der Waals surface area (Å²) < 4.78 is 11.6. The van der Waals surface area contributed by atoms with Gasteiger partial charge in [-0.1, -0.05) is 57.4 Å². The summed E-state index contributed by atoms with van der Waals surface area (Å²) in [5.41, 5.74) is 3.13. The molecule has 7 heteroatoms. The number of carbonyl (C=O) groups excluding carboxylic acids is 2. The Kier molecular flexibility index (Phi) is 10.4. The molecule has 1 saturated heterocycles. The Morgan fingerprint density at radius 3 is 2.39 bits per heavy atom. The standard InChI is InChI=1S/C31H42N2O5/c1-7-10-11-18-38-25-15-14-23(20-26(25)37-6)28-27(29(34)24-19-21(4)12-13-22(24)5)30(35)31(36)33(28)17-16-32(8-2)9-3/h12-15,19-20,28,34H,7-11,16-18H2,1-6H3. The lowest BCUT2D eigenvalue weighted by Gasteiger charge is -2.28. The van der Waals surface area contributed by atoms with Gasteiger partial charge in [0.25, 0.3) is 11.7 Å². The molecule has 0 aliphatic carbocycles. The number of hydrogen-bond donors (Lipinski definition) is 1. The number of aliphatic hydroxyl groups is 1. The molecule has 1 fully saturated rings. The smallest absolute Gasteiger partial charge is 0.295 e. The SMILES string of the molecule is CCCCCOc1ccc(C2C(=C(O)c3cc(C)ccc3C)C(=O)C(=O)N2CCN(CC)CC)cc1OC. The summed E-state index contributed by atoms with van der Waals surface area (Å²) in [5.74, 6) is -0.291. The van der Waals surface area contributed by atoms with Crippen molar-refractivity contribution in [2.75, 3.05) is 39.9 Å². The van der Waals surface area contributed by atoms with Crippen molar-refractivity contribution in [2.24, 2.45) is 0 Å². The highest BCUT2D eigenvalue weighted by atomic mass is 16.5. The van der Waals surface area contributed by atoms with E-state index in [0.29, 0.717) is 42.3 Å². The third kappa shape index (κ3) is 6.38. The van der Waals surface area contributed by atoms with E-state index in [1.165, 1.54) is 0 Å². The molecule has 1 amide bonds. The maximum atomic E-state index is 13.4. The molecule has 1 heterocycles. The molecule has 1 aliphatic rings. The molecule has 1 aliphatic heterocycles. The number of Topliss-reactive ketones (excluding diaryl/α,β-unsaturated/α-hetero) is 1. The average Bonchev–Trinajstić information content (AvgIpc) is 3.17. The van der Waals surface area contributed by atoms with Crippen LogP contribution in [0.4, 0.5) is 0 Å². The predicted molar refractivity (Wildman–Crippen MR) is 151 cm³/mol. The van der Waals surface area contributed by atoms with Gasteiger partial charge in [0.05, 0.1) is 25.3 Å². The van der Waals surface area contributed by atoms with E-state index in [-0.39, 0.29) is 11.3 Å². The van der Waals surface area contributed by atoms with E-state index < -0.39 is 17.7 Å². The summed E-state index contributed by atoms with van der Waals surface area (Å²) in [5, 5.41) is 11.5. The number of aryl methyl sites for hydroxylation is 2. The van der Waals surface area contributed by atoms with Gasteiger partial charge in [0.2, 0.25) is 0 Å². The number of nitrogens with zero attached hydrogens (tertiary/aromatic N) is 2. The van der Waals surface area contributed by atoms with Gasteiger partial charge < -0.3 is 24.4 Å². The van der Waals surface area contributed by atoms with Crippen molar-refractivity contribution in [1.82, 2.24) is 9.80 Å². The van der Waals surface area contributed by atoms with Crippen LogP contribution in [0.5, 0.6) is 11.5 Å². The van der Waals surface area contributed by atoms with Gasteiger partial charge in [-0.3, -0.25) is 9.59 Å². The van der Waals surface area contributed by atoms with Crippen molar-refractivity contribution in [2.45, 2.75) is 59.9 Å². The van der Waals surface area contributed by atoms with Crippen LogP contribution in [0, 0.1) is 13.8 Å². The highest BCUT2D eigenvalue weighted by molar-refractivity contribution is 6.46. The minimum absolute atomic E-state index is 0.0990. The van der Waals surface area contributed by atoms with Gasteiger partial charge in [-0.15, -0.1) is 0 Å². The van der Waals surface area contributed by atoms with Gasteiger partial charge in [0.1, 0.15) is 5.76 Å². The predicted octanol–water partition coefficient (Wildman–Crippen LogP) is 5.64. The number of amides is 1. The zero-order chi connectivity index (χ0) is 27.8. The Balaban J connectivity index is 2.11. The first-order valence-corrected chi connectivity index (χ1v) is 13.7. The minimum atomic E-state index is -0.742. The average molecular weight is 523 g/mol. The van der Waals surface area contributed by atoms with Gasteiger partial charge in [0.15, 0.2) is 11.5 Å². The molecule has 2 aromatic carbocycles. The van der Waals surface area contributed by atoms with Crippen LogP contribution in [0.2, 0.25) is 0 Å². The molecule has 1 N–H and O–H groups in total. The lowest BCUT2D eigenvalue weighted by Crippen LogP contribution is -2.38. The number of likely N-dealkylation sites (N-methyl/N-ethyl adjacent to an activating group) is 1. The largest absolute Gasteiger partial charge is 0.507 e. The molecule has 206 valence electrons. The van der Waals surface area contributed by atoms with Crippen LogP contribution in [0.15, 0.2) is 42.0 Å². The molecular weight excluding hydrogens is 480 g/mol. The fraction of sp³-hybridized carbons (Fsp3) is 0.484. The Morgan fingerprint density at radius 1 is 1.00 bits per heavy atom. The Hall–Kier alpha value is -3.32. The third-order valence-corrected chi connectivity index (χ3v) is 7.25. The van der Waals surface area contributed by atoms with E-state index in [2.05, 4.69) is 25.7 Å². The van der Waals surface area contributed by atoms with Crippen molar-refractivity contribution >= 4 is 17.4 Å². The van der Waals surface area contributed by atoms with Gasteiger partial charge in [0, 0.05) is 18.7 Å². The number of aliphatic hydroxyl groups excluding tert-OH is 1. The number of carbonyl (C=O) groups is 2. The summed E-state index contributed by atoms with van der Waals surface area (Å²) in [4.78, 5) is 30.6. The quantitative estimate of drug-likeness (QED) is 0.159. The number of unbranched alkanes of at least 4 members (excludes halogenated alkanes) is 2. The van der Waals surface area contributed by atoms with Gasteiger partial charge in [-0.25, -0.2) is 0 Å². The summed E-state index contributed by atoms with van der Waals surface area (Å²) in [7, 11) is 1.57. The second-order valence-electron chi connectivity index (χ2n) is 9.80. The Bertz CT molecular complexity index is 1170. The van der Waals surface area contributed by atoms with Crippen LogP contribution >= 0.6 is 0 Å². The van der Waals surface area contributed by atoms with E-state index in [9.17, 15) is 14.7 Å². The second kappa shape index (κ2) is 13.5. The molecule has 0 aromatic heterocycles. The van der Waals surface area contributed by atoms with Crippen LogP contribution in [0.1, 0.15) is 68.3 Å². The molecule has 0 radical (unpaired) electrons. The second-order valence-corrected chi connectivity index (χ2v) is 9.80. The van der Waals surface area contributed by atoms with Crippen molar-refractivity contribution in [3.8, 4) is 11.5 Å². The van der Waals surface area contributed by atoms with Crippen LogP contribution in [-0.2, 0) is 9.59 Å². The molecule has 0 bridgehead atoms. The van der Waals surface area contributed by atoms with E-state index in [1.807, 2.05) is 50.2 Å². The van der Waals surface area contributed by atoms with Gasteiger partial charge in [-0.05, 0) is 62.7 Å². The Morgan fingerprint density at radius 2 is 1.74 bits per heavy atom. The molecule has 2 aromatic rings. The molecule has 38 heavy (non-hydrogen) atoms. The van der Waals surface area contributed by atoms with Crippen molar-refractivity contribution < 1.29 is 24.2 Å². The maximum absolute atomic E-state index is 13.4. The fourth-order valence-corrected chi connectivity index (χ4v) is 4.89. The molecular formula is C31H42N2O5. The molecule has 0 spiro atoms. The van der Waals surface area contributed by atoms with Gasteiger partial charge >= 0.3 is 0 Å². The van der Waals surface area contributed by atoms with E-state index >= 15 is 0 Å². The monoisotopic (exact) mass is 522 g/mol. The number of rotatable bonds is 13. The first kappa shape index (κ1) is 29.2. The zero-order valence-electron chi connectivity index (χ0n) is 23.7. The van der Waals surface area contributed by atoms with Gasteiger partial charge in [-0.2, -0.15) is 0 Å². The van der Waals surface area contributed by atoms with Crippen LogP contribution in [0.25, 0.3) is 5.76 Å². The topological polar surface area (TPSA) is 79.3 Å². The number of methoxy groups -OCH3 is 1. The summed E-state index contributed by atoms with van der Waals surface area (Å²) in [6, 6.07) is 10.5. The van der Waals surface area contributed by atoms with Crippen LogP contribution in [-0.4, -0.2) is 66.5 Å². The number of likely N-dealkylation sites (tertiary alicyclic amines) is 1. The number of ether oxygens (including phenoxy) is 2. The van der Waals surface area contributed by atoms with E-state index in [0.717, 1.165) is 43.5 Å². The number of ketones is 1. The fourth-order valence-electron chi connectivity index (χ4n) is 4.89. The van der Waals surface area contributed by atoms with Crippen molar-refractivity contribution in [1.29, 1.82) is 0 Å². The van der Waals surface area contributed by atoms with Crippen LogP contribution in [0.3, 0.4) is 0 Å². The van der Waals surface area contributed by atoms with E-state index in [1.54, 1.807) is 12.0 Å². The lowest BCUT2D eigenvalue weighted by atomic mass is 9.93. The lowest BCUT2D eigenvalue weighted by molar-refractivity contribution is -0.140. The van der Waals surface area contributed by atoms with Crippen LogP contribution < -0.4 is 9.47 Å². The summed E-state index contributed by atoms with van der Waals surface area (Å²) in [6.45, 7) is 13.3. The molecule has 1 unspecified atom stereocenters.